The number of aromatic nitrogens is 5. The maximum atomic E-state index is 6.57. The number of hydrogen-bond donors (Lipinski definition) is 0. The van der Waals surface area contributed by atoms with Crippen LogP contribution in [0.3, 0.4) is 0 Å². The molecular formula is C49H29N5O2. The van der Waals surface area contributed by atoms with Crippen molar-refractivity contribution in [1.29, 1.82) is 0 Å². The van der Waals surface area contributed by atoms with Gasteiger partial charge >= 0.3 is 0 Å². The quantitative estimate of drug-likeness (QED) is 0.169. The minimum absolute atomic E-state index is 0.547. The second kappa shape index (κ2) is 13.0. The zero-order valence-corrected chi connectivity index (χ0v) is 29.8. The van der Waals surface area contributed by atoms with Gasteiger partial charge in [-0.3, -0.25) is 0 Å². The third-order valence-electron chi connectivity index (χ3n) is 10.3. The van der Waals surface area contributed by atoms with Gasteiger partial charge in [-0.15, -0.1) is 0 Å². The van der Waals surface area contributed by atoms with Gasteiger partial charge in [-0.05, 0) is 47.5 Å². The summed E-state index contributed by atoms with van der Waals surface area (Å²) < 4.78 is 13.1. The standard InChI is InChI=1S/C49H29N5O2/c1-2-10-31(11-3-1)47-52-48(32-22-20-30(21-23-32)42-24-25-50-29-51-42)54-49(53-47)35-27-33(36-14-8-16-40-38-12-4-6-18-43(38)55-45(36)40)26-34(28-35)37-15-9-17-41-39-13-5-7-19-44(39)56-46(37)41/h1-29H. The lowest BCUT2D eigenvalue weighted by molar-refractivity contribution is 0.670. The van der Waals surface area contributed by atoms with E-state index in [1.807, 2.05) is 97.1 Å². The van der Waals surface area contributed by atoms with Crippen molar-refractivity contribution in [2.24, 2.45) is 0 Å². The highest BCUT2D eigenvalue weighted by Crippen LogP contribution is 2.42. The smallest absolute Gasteiger partial charge is 0.164 e. The molecule has 56 heavy (non-hydrogen) atoms. The number of para-hydroxylation sites is 4. The van der Waals surface area contributed by atoms with Gasteiger partial charge in [0.2, 0.25) is 0 Å². The van der Waals surface area contributed by atoms with E-state index in [1.165, 1.54) is 0 Å². The van der Waals surface area contributed by atoms with Crippen LogP contribution in [0.4, 0.5) is 0 Å². The summed E-state index contributed by atoms with van der Waals surface area (Å²) >= 11 is 0. The summed E-state index contributed by atoms with van der Waals surface area (Å²) in [4.78, 5) is 23.8. The largest absolute Gasteiger partial charge is 0.455 e. The summed E-state index contributed by atoms with van der Waals surface area (Å²) in [6, 6.07) is 55.5. The molecule has 0 saturated heterocycles. The molecule has 0 saturated carbocycles. The normalized spacial score (nSPS) is 11.6. The highest BCUT2D eigenvalue weighted by atomic mass is 16.3. The van der Waals surface area contributed by atoms with Gasteiger partial charge in [-0.2, -0.15) is 0 Å². The first-order chi connectivity index (χ1) is 27.7. The van der Waals surface area contributed by atoms with Crippen molar-refractivity contribution in [3.05, 3.63) is 176 Å². The van der Waals surface area contributed by atoms with E-state index in [9.17, 15) is 0 Å². The van der Waals surface area contributed by atoms with Crippen LogP contribution >= 0.6 is 0 Å². The van der Waals surface area contributed by atoms with Gasteiger partial charge in [0.15, 0.2) is 17.5 Å². The number of fused-ring (bicyclic) bond motifs is 6. The van der Waals surface area contributed by atoms with Crippen LogP contribution in [0.25, 0.3) is 112 Å². The Morgan fingerprint density at radius 3 is 1.41 bits per heavy atom. The van der Waals surface area contributed by atoms with Crippen LogP contribution in [0, 0.1) is 0 Å². The molecule has 0 aliphatic rings. The molecule has 262 valence electrons. The van der Waals surface area contributed by atoms with E-state index in [1.54, 1.807) is 12.5 Å². The lowest BCUT2D eigenvalue weighted by Crippen LogP contribution is -2.00. The third-order valence-corrected chi connectivity index (χ3v) is 10.3. The second-order valence-corrected chi connectivity index (χ2v) is 13.7. The summed E-state index contributed by atoms with van der Waals surface area (Å²) in [5, 5.41) is 4.27. The van der Waals surface area contributed by atoms with Crippen LogP contribution in [0.1, 0.15) is 0 Å². The molecule has 7 nitrogen and oxygen atoms in total. The number of rotatable bonds is 6. The SMILES string of the molecule is c1ccc(-c2nc(-c3ccc(-c4ccncn4)cc3)nc(-c3cc(-c4cccc5c4oc4ccccc45)cc(-c4cccc5c4oc4ccccc45)c3)n2)cc1. The summed E-state index contributed by atoms with van der Waals surface area (Å²) in [6.45, 7) is 0. The van der Waals surface area contributed by atoms with E-state index in [2.05, 4.69) is 76.7 Å². The Labute approximate surface area is 320 Å². The van der Waals surface area contributed by atoms with Gasteiger partial charge in [0.25, 0.3) is 0 Å². The van der Waals surface area contributed by atoms with E-state index in [-0.39, 0.29) is 0 Å². The van der Waals surface area contributed by atoms with Crippen molar-refractivity contribution in [2.75, 3.05) is 0 Å². The van der Waals surface area contributed by atoms with E-state index in [0.29, 0.717) is 17.5 Å². The van der Waals surface area contributed by atoms with Crippen molar-refractivity contribution >= 4 is 43.9 Å². The van der Waals surface area contributed by atoms with Gasteiger partial charge in [0.05, 0.1) is 5.69 Å². The van der Waals surface area contributed by atoms with Gasteiger partial charge in [0, 0.05) is 61.1 Å². The Balaban J connectivity index is 1.15. The summed E-state index contributed by atoms with van der Waals surface area (Å²) in [7, 11) is 0. The highest BCUT2D eigenvalue weighted by Gasteiger charge is 2.19. The summed E-state index contributed by atoms with van der Waals surface area (Å²) in [5.41, 5.74) is 11.6. The van der Waals surface area contributed by atoms with Gasteiger partial charge in [-0.25, -0.2) is 24.9 Å². The van der Waals surface area contributed by atoms with E-state index in [0.717, 1.165) is 94.1 Å². The van der Waals surface area contributed by atoms with Crippen LogP contribution in [-0.4, -0.2) is 24.9 Å². The highest BCUT2D eigenvalue weighted by molar-refractivity contribution is 6.11. The second-order valence-electron chi connectivity index (χ2n) is 13.7. The number of furan rings is 2. The Morgan fingerprint density at radius 1 is 0.357 bits per heavy atom. The lowest BCUT2D eigenvalue weighted by atomic mass is 9.94. The molecule has 0 N–H and O–H groups in total. The minimum atomic E-state index is 0.547. The van der Waals surface area contributed by atoms with E-state index >= 15 is 0 Å². The van der Waals surface area contributed by atoms with Crippen molar-refractivity contribution in [2.45, 2.75) is 0 Å². The molecule has 0 aliphatic carbocycles. The maximum Gasteiger partial charge on any atom is 0.164 e. The maximum absolute atomic E-state index is 6.57. The minimum Gasteiger partial charge on any atom is -0.455 e. The molecule has 4 heterocycles. The first kappa shape index (κ1) is 31.7. The molecule has 4 aromatic heterocycles. The average Bonchev–Trinajstić information content (AvgIpc) is 3.86. The van der Waals surface area contributed by atoms with Crippen molar-refractivity contribution < 1.29 is 8.83 Å². The van der Waals surface area contributed by atoms with Crippen LogP contribution in [0.5, 0.6) is 0 Å². The van der Waals surface area contributed by atoms with Crippen molar-refractivity contribution in [1.82, 2.24) is 24.9 Å². The molecule has 7 aromatic carbocycles. The molecule has 0 aliphatic heterocycles. The van der Waals surface area contributed by atoms with Gasteiger partial charge in [0.1, 0.15) is 28.7 Å². The van der Waals surface area contributed by atoms with Gasteiger partial charge in [-0.1, -0.05) is 127 Å². The molecule has 11 rings (SSSR count). The molecule has 0 radical (unpaired) electrons. The Hall–Kier alpha value is -7.77. The van der Waals surface area contributed by atoms with Gasteiger partial charge < -0.3 is 8.83 Å². The molecule has 0 spiro atoms. The molecule has 7 heteroatoms. The molecule has 0 amide bonds. The van der Waals surface area contributed by atoms with Crippen molar-refractivity contribution in [3.63, 3.8) is 0 Å². The first-order valence-electron chi connectivity index (χ1n) is 18.4. The monoisotopic (exact) mass is 719 g/mol. The summed E-state index contributed by atoms with van der Waals surface area (Å²) in [6.07, 6.45) is 3.30. The zero-order valence-electron chi connectivity index (χ0n) is 29.8. The van der Waals surface area contributed by atoms with E-state index < -0.39 is 0 Å². The van der Waals surface area contributed by atoms with Crippen molar-refractivity contribution in [3.8, 4) is 67.7 Å². The fraction of sp³-hybridized carbons (Fsp3) is 0. The van der Waals surface area contributed by atoms with E-state index in [4.69, 9.17) is 23.8 Å². The van der Waals surface area contributed by atoms with Crippen LogP contribution in [-0.2, 0) is 0 Å². The molecule has 0 bridgehead atoms. The Kier molecular flexibility index (Phi) is 7.35. The lowest BCUT2D eigenvalue weighted by Gasteiger charge is -2.13. The predicted molar refractivity (Wildman–Crippen MR) is 223 cm³/mol. The Morgan fingerprint density at radius 2 is 0.839 bits per heavy atom. The molecule has 11 aromatic rings. The zero-order chi connectivity index (χ0) is 37.0. The van der Waals surface area contributed by atoms with Crippen LogP contribution in [0.15, 0.2) is 185 Å². The van der Waals surface area contributed by atoms with Crippen LogP contribution < -0.4 is 0 Å². The fourth-order valence-corrected chi connectivity index (χ4v) is 7.62. The Bertz CT molecular complexity index is 3110. The fourth-order valence-electron chi connectivity index (χ4n) is 7.62. The number of hydrogen-bond acceptors (Lipinski definition) is 7. The predicted octanol–water partition coefficient (Wildman–Crippen LogP) is 12.5. The summed E-state index contributed by atoms with van der Waals surface area (Å²) in [5.74, 6) is 1.69. The molecule has 0 unspecified atom stereocenters. The molecular weight excluding hydrogens is 691 g/mol. The molecule has 0 fully saturated rings. The number of nitrogens with zero attached hydrogens (tertiary/aromatic N) is 5. The molecule has 0 atom stereocenters. The average molecular weight is 720 g/mol. The van der Waals surface area contributed by atoms with Crippen LogP contribution in [0.2, 0.25) is 0 Å². The third kappa shape index (κ3) is 5.41. The first-order valence-corrected chi connectivity index (χ1v) is 18.4. The topological polar surface area (TPSA) is 90.7 Å². The number of benzene rings is 7.